The summed E-state index contributed by atoms with van der Waals surface area (Å²) >= 11 is 0. The lowest BCUT2D eigenvalue weighted by molar-refractivity contribution is -0.151. The van der Waals surface area contributed by atoms with Gasteiger partial charge in [0.25, 0.3) is 0 Å². The van der Waals surface area contributed by atoms with E-state index in [9.17, 15) is 9.36 Å². The Morgan fingerprint density at radius 2 is 1.74 bits per heavy atom. The average Bonchev–Trinajstić information content (AvgIpc) is 2.25. The quantitative estimate of drug-likeness (QED) is 0.483. The molecule has 0 N–H and O–H groups in total. The van der Waals surface area contributed by atoms with Crippen molar-refractivity contribution >= 4 is 13.3 Å². The maximum Gasteiger partial charge on any atom is 0.309 e. The van der Waals surface area contributed by atoms with Crippen LogP contribution in [0.5, 0.6) is 0 Å². The maximum atomic E-state index is 12.6. The molecule has 0 saturated heterocycles. The van der Waals surface area contributed by atoms with Crippen molar-refractivity contribution in [2.45, 2.75) is 40.7 Å². The van der Waals surface area contributed by atoms with E-state index in [1.165, 1.54) is 7.11 Å². The van der Waals surface area contributed by atoms with E-state index in [-0.39, 0.29) is 30.5 Å². The van der Waals surface area contributed by atoms with E-state index in [4.69, 9.17) is 14.0 Å². The fourth-order valence-electron chi connectivity index (χ4n) is 1.46. The molecular weight excluding hydrogens is 267 g/mol. The highest BCUT2D eigenvalue weighted by Crippen LogP contribution is 2.48. The van der Waals surface area contributed by atoms with Crippen LogP contribution in [0, 0.1) is 11.8 Å². The summed E-state index contributed by atoms with van der Waals surface area (Å²) in [5.74, 6) is -0.530. The van der Waals surface area contributed by atoms with Crippen molar-refractivity contribution < 1.29 is 23.4 Å². The van der Waals surface area contributed by atoms with Gasteiger partial charge < -0.3 is 14.0 Å². The van der Waals surface area contributed by atoms with E-state index in [0.29, 0.717) is 6.61 Å². The Kier molecular flexibility index (Phi) is 8.55. The third-order valence-electron chi connectivity index (χ3n) is 2.28. The normalized spacial score (nSPS) is 16.4. The smallest absolute Gasteiger partial charge is 0.309 e. The van der Waals surface area contributed by atoms with Crippen molar-refractivity contribution in [2.75, 3.05) is 26.2 Å². The number of esters is 1. The second kappa shape index (κ2) is 8.72. The van der Waals surface area contributed by atoms with Crippen LogP contribution in [-0.4, -0.2) is 38.3 Å². The highest BCUT2D eigenvalue weighted by atomic mass is 31.2. The molecule has 0 aliphatic carbocycles. The molecule has 0 aromatic rings. The number of hydrogen-bond acceptors (Lipinski definition) is 5. The first-order chi connectivity index (χ1) is 8.70. The Morgan fingerprint density at radius 1 is 1.16 bits per heavy atom. The number of carbonyl (C=O) groups is 1. The molecule has 0 aliphatic heterocycles. The minimum atomic E-state index is -2.95. The van der Waals surface area contributed by atoms with Gasteiger partial charge in [0, 0.05) is 13.3 Å². The maximum absolute atomic E-state index is 12.6. The molecule has 5 nitrogen and oxygen atoms in total. The third-order valence-corrected chi connectivity index (χ3v) is 4.65. The van der Waals surface area contributed by atoms with Gasteiger partial charge in [0.05, 0.1) is 18.6 Å². The Labute approximate surface area is 116 Å². The fraction of sp³-hybridized carbons (Fsp3) is 0.923. The van der Waals surface area contributed by atoms with Crippen molar-refractivity contribution in [3.63, 3.8) is 0 Å². The molecule has 19 heavy (non-hydrogen) atoms. The van der Waals surface area contributed by atoms with Crippen LogP contribution in [0.4, 0.5) is 0 Å². The number of methoxy groups -OCH3 is 1. The number of hydrogen-bond donors (Lipinski definition) is 0. The van der Waals surface area contributed by atoms with Crippen molar-refractivity contribution in [2.24, 2.45) is 11.8 Å². The molecule has 0 amide bonds. The van der Waals surface area contributed by atoms with Crippen molar-refractivity contribution in [1.29, 1.82) is 0 Å². The second-order valence-electron chi connectivity index (χ2n) is 5.49. The first-order valence-electron chi connectivity index (χ1n) is 6.62. The lowest BCUT2D eigenvalue weighted by atomic mass is 10.2. The van der Waals surface area contributed by atoms with Gasteiger partial charge in [-0.3, -0.25) is 9.36 Å². The predicted octanol–water partition coefficient (Wildman–Crippen LogP) is 3.13. The molecule has 0 saturated carbocycles. The van der Waals surface area contributed by atoms with E-state index in [1.54, 1.807) is 20.8 Å². The van der Waals surface area contributed by atoms with E-state index in [2.05, 4.69) is 0 Å². The first-order valence-corrected chi connectivity index (χ1v) is 8.61. The predicted molar refractivity (Wildman–Crippen MR) is 75.5 cm³/mol. The van der Waals surface area contributed by atoms with Gasteiger partial charge >= 0.3 is 5.97 Å². The van der Waals surface area contributed by atoms with Gasteiger partial charge in [-0.1, -0.05) is 20.8 Å². The molecule has 0 rings (SSSR count). The Hall–Kier alpha value is -0.380. The van der Waals surface area contributed by atoms with E-state index >= 15 is 0 Å². The van der Waals surface area contributed by atoms with Crippen LogP contribution in [0.3, 0.4) is 0 Å². The van der Waals surface area contributed by atoms with Crippen LogP contribution >= 0.6 is 7.37 Å². The summed E-state index contributed by atoms with van der Waals surface area (Å²) < 4.78 is 28.1. The van der Waals surface area contributed by atoms with Gasteiger partial charge in [0.2, 0.25) is 7.37 Å². The van der Waals surface area contributed by atoms with Gasteiger partial charge in [-0.15, -0.1) is 0 Å². The largest absolute Gasteiger partial charge is 0.463 e. The Morgan fingerprint density at radius 3 is 2.16 bits per heavy atom. The van der Waals surface area contributed by atoms with E-state index in [0.717, 1.165) is 0 Å². The SMILES string of the molecule is COCP(=O)(C[C@@H](C)C(=O)OC(C)C)OCC(C)C. The molecule has 114 valence electrons. The molecule has 0 spiro atoms. The molecule has 0 bridgehead atoms. The summed E-state index contributed by atoms with van der Waals surface area (Å²) in [4.78, 5) is 11.7. The van der Waals surface area contributed by atoms with Gasteiger partial charge in [0.15, 0.2) is 0 Å². The molecule has 2 atom stereocenters. The Balaban J connectivity index is 4.55. The zero-order chi connectivity index (χ0) is 15.1. The topological polar surface area (TPSA) is 61.8 Å². The number of rotatable bonds is 9. The van der Waals surface area contributed by atoms with Gasteiger partial charge in [0.1, 0.15) is 6.35 Å². The minimum Gasteiger partial charge on any atom is -0.463 e. The Bertz CT molecular complexity index is 314. The molecule has 1 unspecified atom stereocenters. The van der Waals surface area contributed by atoms with Crippen molar-refractivity contribution in [3.05, 3.63) is 0 Å². The molecule has 0 fully saturated rings. The highest BCUT2D eigenvalue weighted by molar-refractivity contribution is 7.58. The highest BCUT2D eigenvalue weighted by Gasteiger charge is 2.30. The van der Waals surface area contributed by atoms with Gasteiger partial charge in [-0.2, -0.15) is 0 Å². The van der Waals surface area contributed by atoms with Crippen LogP contribution in [0.2, 0.25) is 0 Å². The van der Waals surface area contributed by atoms with Crippen molar-refractivity contribution in [1.82, 2.24) is 0 Å². The summed E-state index contributed by atoms with van der Waals surface area (Å²) in [6.07, 6.45) is 0.00587. The van der Waals surface area contributed by atoms with Crippen LogP contribution < -0.4 is 0 Å². The average molecular weight is 294 g/mol. The van der Waals surface area contributed by atoms with Crippen LogP contribution in [0.25, 0.3) is 0 Å². The fourth-order valence-corrected chi connectivity index (χ4v) is 3.70. The van der Waals surface area contributed by atoms with Gasteiger partial charge in [-0.25, -0.2) is 0 Å². The van der Waals surface area contributed by atoms with Crippen LogP contribution in [0.15, 0.2) is 0 Å². The third kappa shape index (κ3) is 8.40. The lowest BCUT2D eigenvalue weighted by Gasteiger charge is -2.22. The summed E-state index contributed by atoms with van der Waals surface area (Å²) in [6.45, 7) is 9.63. The van der Waals surface area contributed by atoms with E-state index < -0.39 is 13.3 Å². The molecule has 0 aromatic heterocycles. The minimum absolute atomic E-state index is 0.0268. The molecule has 0 radical (unpaired) electrons. The van der Waals surface area contributed by atoms with Crippen molar-refractivity contribution in [3.8, 4) is 0 Å². The molecule has 6 heteroatoms. The summed E-state index contributed by atoms with van der Waals surface area (Å²) in [5, 5.41) is 0. The van der Waals surface area contributed by atoms with E-state index in [1.807, 2.05) is 13.8 Å². The summed E-state index contributed by atoms with van der Waals surface area (Å²) in [5.41, 5.74) is 0. The zero-order valence-electron chi connectivity index (χ0n) is 12.8. The standard InChI is InChI=1S/C13H27O5P/c1-10(2)7-17-19(15,9-16-6)8-12(5)13(14)18-11(3)4/h10-12H,7-9H2,1-6H3/t12-,19?/m1/s1. The summed E-state index contributed by atoms with van der Waals surface area (Å²) in [7, 11) is -1.48. The van der Waals surface area contributed by atoms with Crippen LogP contribution in [-0.2, 0) is 23.4 Å². The lowest BCUT2D eigenvalue weighted by Crippen LogP contribution is -2.23. The monoisotopic (exact) mass is 294 g/mol. The van der Waals surface area contributed by atoms with Crippen LogP contribution in [0.1, 0.15) is 34.6 Å². The second-order valence-corrected chi connectivity index (χ2v) is 8.00. The summed E-state index contributed by atoms with van der Waals surface area (Å²) in [6, 6.07) is 0. The van der Waals surface area contributed by atoms with Gasteiger partial charge in [-0.05, 0) is 19.8 Å². The number of ether oxygens (including phenoxy) is 2. The molecule has 0 heterocycles. The zero-order valence-corrected chi connectivity index (χ0v) is 13.7. The molecule has 0 aliphatic rings. The molecule has 0 aromatic carbocycles. The molecular formula is C13H27O5P. The number of carbonyl (C=O) groups excluding carboxylic acids is 1. The first kappa shape index (κ1) is 18.6.